The molecule has 2 rings (SSSR count). The zero-order valence-electron chi connectivity index (χ0n) is 9.27. The molecule has 0 amide bonds. The molecule has 1 heterocycles. The van der Waals surface area contributed by atoms with Gasteiger partial charge in [0.2, 0.25) is 5.95 Å². The fourth-order valence-corrected chi connectivity index (χ4v) is 1.31. The van der Waals surface area contributed by atoms with Gasteiger partial charge in [0.25, 0.3) is 0 Å². The van der Waals surface area contributed by atoms with Crippen molar-refractivity contribution >= 4 is 11.6 Å². The molecule has 0 aliphatic carbocycles. The molecular formula is C12H13N3O. The topological polar surface area (TPSA) is 47.0 Å². The number of hydrogen-bond acceptors (Lipinski definition) is 4. The van der Waals surface area contributed by atoms with Crippen LogP contribution in [0.2, 0.25) is 0 Å². The lowest BCUT2D eigenvalue weighted by molar-refractivity contribution is 0.415. The van der Waals surface area contributed by atoms with Crippen LogP contribution >= 0.6 is 0 Å². The number of aryl methyl sites for hydroxylation is 1. The van der Waals surface area contributed by atoms with Crippen LogP contribution in [0.25, 0.3) is 0 Å². The van der Waals surface area contributed by atoms with Gasteiger partial charge in [-0.15, -0.1) is 0 Å². The molecular weight excluding hydrogens is 202 g/mol. The first-order valence-corrected chi connectivity index (χ1v) is 4.98. The van der Waals surface area contributed by atoms with Crippen molar-refractivity contribution in [1.29, 1.82) is 0 Å². The first kappa shape index (κ1) is 10.4. The molecule has 0 radical (unpaired) electrons. The summed E-state index contributed by atoms with van der Waals surface area (Å²) in [7, 11) is 1.64. The quantitative estimate of drug-likeness (QED) is 0.854. The molecule has 82 valence electrons. The Morgan fingerprint density at radius 1 is 1.12 bits per heavy atom. The molecule has 0 fully saturated rings. The van der Waals surface area contributed by atoms with Gasteiger partial charge in [-0.2, -0.15) is 0 Å². The lowest BCUT2D eigenvalue weighted by Crippen LogP contribution is -1.97. The molecule has 4 nitrogen and oxygen atoms in total. The van der Waals surface area contributed by atoms with E-state index in [2.05, 4.69) is 15.3 Å². The molecule has 0 atom stereocenters. The third-order valence-electron chi connectivity index (χ3n) is 2.14. The molecule has 2 aromatic rings. The summed E-state index contributed by atoms with van der Waals surface area (Å²) >= 11 is 0. The number of nitrogens with zero attached hydrogens (tertiary/aromatic N) is 2. The number of aromatic nitrogens is 2. The van der Waals surface area contributed by atoms with Gasteiger partial charge in [-0.05, 0) is 37.3 Å². The third kappa shape index (κ3) is 2.48. The maximum atomic E-state index is 5.08. The summed E-state index contributed by atoms with van der Waals surface area (Å²) in [4.78, 5) is 8.38. The van der Waals surface area contributed by atoms with Gasteiger partial charge < -0.3 is 10.1 Å². The van der Waals surface area contributed by atoms with Crippen molar-refractivity contribution in [3.63, 3.8) is 0 Å². The van der Waals surface area contributed by atoms with Crippen molar-refractivity contribution in [3.8, 4) is 5.75 Å². The molecule has 4 heteroatoms. The normalized spacial score (nSPS) is 9.88. The standard InChI is InChI=1S/C12H13N3O/c1-9-7-8-13-12(14-9)15-10-3-5-11(16-2)6-4-10/h3-8H,1-2H3,(H,13,14,15). The second-order valence-electron chi connectivity index (χ2n) is 3.38. The Kier molecular flexibility index (Phi) is 3.00. The fourth-order valence-electron chi connectivity index (χ4n) is 1.31. The number of anilines is 2. The van der Waals surface area contributed by atoms with Crippen molar-refractivity contribution < 1.29 is 4.74 Å². The van der Waals surface area contributed by atoms with Gasteiger partial charge in [0, 0.05) is 17.6 Å². The Hall–Kier alpha value is -2.10. The van der Waals surface area contributed by atoms with Crippen LogP contribution in [-0.4, -0.2) is 17.1 Å². The van der Waals surface area contributed by atoms with E-state index in [9.17, 15) is 0 Å². The first-order chi connectivity index (χ1) is 7.78. The number of hydrogen-bond donors (Lipinski definition) is 1. The van der Waals surface area contributed by atoms with Crippen LogP contribution in [0.5, 0.6) is 5.75 Å². The lowest BCUT2D eigenvalue weighted by Gasteiger charge is -2.05. The van der Waals surface area contributed by atoms with Gasteiger partial charge in [-0.1, -0.05) is 0 Å². The number of ether oxygens (including phenoxy) is 1. The summed E-state index contributed by atoms with van der Waals surface area (Å²) in [5.74, 6) is 1.43. The van der Waals surface area contributed by atoms with E-state index in [1.807, 2.05) is 37.3 Å². The predicted octanol–water partition coefficient (Wildman–Crippen LogP) is 2.54. The van der Waals surface area contributed by atoms with Crippen LogP contribution in [0.1, 0.15) is 5.69 Å². The summed E-state index contributed by atoms with van der Waals surface area (Å²) < 4.78 is 5.08. The van der Waals surface area contributed by atoms with Gasteiger partial charge in [0.05, 0.1) is 7.11 Å². The van der Waals surface area contributed by atoms with Gasteiger partial charge in [0.15, 0.2) is 0 Å². The Morgan fingerprint density at radius 3 is 2.50 bits per heavy atom. The van der Waals surface area contributed by atoms with E-state index in [-0.39, 0.29) is 0 Å². The summed E-state index contributed by atoms with van der Waals surface area (Å²) in [5.41, 5.74) is 1.87. The lowest BCUT2D eigenvalue weighted by atomic mass is 10.3. The minimum atomic E-state index is 0.602. The fraction of sp³-hybridized carbons (Fsp3) is 0.167. The zero-order valence-corrected chi connectivity index (χ0v) is 9.27. The summed E-state index contributed by atoms with van der Waals surface area (Å²) in [6, 6.07) is 9.48. The Bertz CT molecular complexity index is 468. The highest BCUT2D eigenvalue weighted by Gasteiger charge is 1.97. The Labute approximate surface area is 94.3 Å². The summed E-state index contributed by atoms with van der Waals surface area (Å²) in [5, 5.41) is 3.12. The monoisotopic (exact) mass is 215 g/mol. The number of nitrogens with one attached hydrogen (secondary N) is 1. The molecule has 0 saturated carbocycles. The van der Waals surface area contributed by atoms with Crippen molar-refractivity contribution in [2.75, 3.05) is 12.4 Å². The van der Waals surface area contributed by atoms with E-state index in [1.54, 1.807) is 13.3 Å². The highest BCUT2D eigenvalue weighted by atomic mass is 16.5. The summed E-state index contributed by atoms with van der Waals surface area (Å²) in [6.07, 6.45) is 1.73. The smallest absolute Gasteiger partial charge is 0.227 e. The van der Waals surface area contributed by atoms with Crippen molar-refractivity contribution in [3.05, 3.63) is 42.2 Å². The van der Waals surface area contributed by atoms with E-state index in [0.717, 1.165) is 17.1 Å². The van der Waals surface area contributed by atoms with E-state index < -0.39 is 0 Å². The van der Waals surface area contributed by atoms with Crippen LogP contribution in [0.15, 0.2) is 36.5 Å². The molecule has 0 aliphatic rings. The zero-order chi connectivity index (χ0) is 11.4. The predicted molar refractivity (Wildman–Crippen MR) is 63.0 cm³/mol. The van der Waals surface area contributed by atoms with E-state index in [1.165, 1.54) is 0 Å². The minimum absolute atomic E-state index is 0.602. The Balaban J connectivity index is 2.14. The number of methoxy groups -OCH3 is 1. The molecule has 16 heavy (non-hydrogen) atoms. The third-order valence-corrected chi connectivity index (χ3v) is 2.14. The molecule has 0 unspecified atom stereocenters. The van der Waals surface area contributed by atoms with Gasteiger partial charge in [0.1, 0.15) is 5.75 Å². The summed E-state index contributed by atoms with van der Waals surface area (Å²) in [6.45, 7) is 1.93. The minimum Gasteiger partial charge on any atom is -0.497 e. The molecule has 1 aromatic heterocycles. The van der Waals surface area contributed by atoms with Crippen LogP contribution in [0.3, 0.4) is 0 Å². The number of rotatable bonds is 3. The first-order valence-electron chi connectivity index (χ1n) is 4.98. The van der Waals surface area contributed by atoms with Crippen molar-refractivity contribution in [2.45, 2.75) is 6.92 Å². The van der Waals surface area contributed by atoms with Crippen molar-refractivity contribution in [1.82, 2.24) is 9.97 Å². The van der Waals surface area contributed by atoms with Crippen LogP contribution in [0.4, 0.5) is 11.6 Å². The molecule has 0 bridgehead atoms. The second kappa shape index (κ2) is 4.61. The molecule has 1 N–H and O–H groups in total. The second-order valence-corrected chi connectivity index (χ2v) is 3.38. The van der Waals surface area contributed by atoms with Crippen LogP contribution in [-0.2, 0) is 0 Å². The SMILES string of the molecule is COc1ccc(Nc2nccc(C)n2)cc1. The molecule has 0 spiro atoms. The van der Waals surface area contributed by atoms with E-state index in [0.29, 0.717) is 5.95 Å². The van der Waals surface area contributed by atoms with E-state index >= 15 is 0 Å². The van der Waals surface area contributed by atoms with Gasteiger partial charge in [-0.3, -0.25) is 0 Å². The largest absolute Gasteiger partial charge is 0.497 e. The molecule has 0 saturated heterocycles. The van der Waals surface area contributed by atoms with Crippen molar-refractivity contribution in [2.24, 2.45) is 0 Å². The van der Waals surface area contributed by atoms with Gasteiger partial charge in [-0.25, -0.2) is 9.97 Å². The average molecular weight is 215 g/mol. The van der Waals surface area contributed by atoms with Crippen LogP contribution < -0.4 is 10.1 Å². The highest BCUT2D eigenvalue weighted by molar-refractivity contribution is 5.54. The maximum Gasteiger partial charge on any atom is 0.227 e. The van der Waals surface area contributed by atoms with Crippen LogP contribution in [0, 0.1) is 6.92 Å². The number of benzene rings is 1. The molecule has 0 aliphatic heterocycles. The maximum absolute atomic E-state index is 5.08. The van der Waals surface area contributed by atoms with Gasteiger partial charge >= 0.3 is 0 Å². The average Bonchev–Trinajstić information content (AvgIpc) is 2.30. The van der Waals surface area contributed by atoms with E-state index in [4.69, 9.17) is 4.74 Å². The molecule has 1 aromatic carbocycles. The Morgan fingerprint density at radius 2 is 1.88 bits per heavy atom. The highest BCUT2D eigenvalue weighted by Crippen LogP contribution is 2.17.